The van der Waals surface area contributed by atoms with Crippen LogP contribution in [0.25, 0.3) is 0 Å². The molecule has 0 amide bonds. The zero-order valence-corrected chi connectivity index (χ0v) is 7.66. The standard InChI is InChI=1S/C10H13S/c1-3-8-11-10-7-5-4-6-9(10)2/h4-7H,1,3,8H2,2H3. The van der Waals surface area contributed by atoms with Gasteiger partial charge in [-0.05, 0) is 30.7 Å². The quantitative estimate of drug-likeness (QED) is 0.619. The predicted octanol–water partition coefficient (Wildman–Crippen LogP) is 3.31. The molecule has 59 valence electrons. The van der Waals surface area contributed by atoms with E-state index in [0.29, 0.717) is 0 Å². The van der Waals surface area contributed by atoms with Gasteiger partial charge in [-0.3, -0.25) is 0 Å². The van der Waals surface area contributed by atoms with Crippen molar-refractivity contribution in [1.29, 1.82) is 0 Å². The van der Waals surface area contributed by atoms with E-state index in [9.17, 15) is 0 Å². The first-order chi connectivity index (χ1) is 5.34. The molecule has 0 saturated heterocycles. The molecule has 1 rings (SSSR count). The summed E-state index contributed by atoms with van der Waals surface area (Å²) in [6.45, 7) is 5.95. The fraction of sp³-hybridized carbons (Fsp3) is 0.300. The maximum absolute atomic E-state index is 3.81. The molecule has 0 atom stereocenters. The van der Waals surface area contributed by atoms with Gasteiger partial charge in [0.1, 0.15) is 0 Å². The van der Waals surface area contributed by atoms with Gasteiger partial charge in [-0.2, -0.15) is 0 Å². The normalized spacial score (nSPS) is 10.0. The molecule has 0 heterocycles. The minimum Gasteiger partial charge on any atom is -0.126 e. The van der Waals surface area contributed by atoms with Crippen molar-refractivity contribution in [1.82, 2.24) is 0 Å². The van der Waals surface area contributed by atoms with Gasteiger partial charge in [-0.25, -0.2) is 0 Å². The highest BCUT2D eigenvalue weighted by molar-refractivity contribution is 7.99. The lowest BCUT2D eigenvalue weighted by atomic mass is 10.2. The van der Waals surface area contributed by atoms with Crippen molar-refractivity contribution in [3.8, 4) is 0 Å². The molecule has 1 aromatic rings. The maximum Gasteiger partial charge on any atom is 0.0101 e. The lowest BCUT2D eigenvalue weighted by Crippen LogP contribution is -1.79. The van der Waals surface area contributed by atoms with E-state index in [2.05, 4.69) is 38.1 Å². The summed E-state index contributed by atoms with van der Waals surface area (Å²) in [5.41, 5.74) is 1.37. The average Bonchev–Trinajstić information content (AvgIpc) is 2.03. The minimum absolute atomic E-state index is 0.999. The van der Waals surface area contributed by atoms with Crippen LogP contribution in [0.2, 0.25) is 0 Å². The number of rotatable bonds is 3. The Hall–Kier alpha value is -0.430. The fourth-order valence-corrected chi connectivity index (χ4v) is 1.74. The van der Waals surface area contributed by atoms with Gasteiger partial charge in [0.05, 0.1) is 0 Å². The molecule has 0 aliphatic heterocycles. The van der Waals surface area contributed by atoms with E-state index in [4.69, 9.17) is 0 Å². The molecule has 0 saturated carbocycles. The molecule has 11 heavy (non-hydrogen) atoms. The second kappa shape index (κ2) is 4.45. The average molecular weight is 165 g/mol. The summed E-state index contributed by atoms with van der Waals surface area (Å²) in [5.74, 6) is 1.12. The molecule has 0 nitrogen and oxygen atoms in total. The molecule has 1 heteroatoms. The van der Waals surface area contributed by atoms with E-state index in [1.54, 1.807) is 0 Å². The highest BCUT2D eigenvalue weighted by Gasteiger charge is 1.94. The summed E-state index contributed by atoms with van der Waals surface area (Å²) in [5, 5.41) is 0. The number of thioether (sulfide) groups is 1. The lowest BCUT2D eigenvalue weighted by Gasteiger charge is -2.02. The molecule has 0 aromatic heterocycles. The van der Waals surface area contributed by atoms with E-state index in [1.165, 1.54) is 10.5 Å². The molecule has 1 aromatic carbocycles. The Kier molecular flexibility index (Phi) is 3.50. The Morgan fingerprint density at radius 2 is 2.09 bits per heavy atom. The molecule has 0 N–H and O–H groups in total. The SMILES string of the molecule is [CH2]CCSc1ccccc1C. The Bertz CT molecular complexity index is 218. The molecular formula is C10H13S. The molecule has 0 aliphatic rings. The van der Waals surface area contributed by atoms with Crippen LogP contribution in [0.5, 0.6) is 0 Å². The van der Waals surface area contributed by atoms with Crippen LogP contribution in [0.4, 0.5) is 0 Å². The molecule has 1 radical (unpaired) electrons. The molecule has 0 bridgehead atoms. The fourth-order valence-electron chi connectivity index (χ4n) is 0.900. The van der Waals surface area contributed by atoms with Crippen molar-refractivity contribution < 1.29 is 0 Å². The van der Waals surface area contributed by atoms with Crippen LogP contribution in [0.15, 0.2) is 29.2 Å². The Balaban J connectivity index is 2.62. The Labute approximate surface area is 73.0 Å². The van der Waals surface area contributed by atoms with E-state index < -0.39 is 0 Å². The first-order valence-corrected chi connectivity index (χ1v) is 4.81. The van der Waals surface area contributed by atoms with Crippen LogP contribution in [-0.4, -0.2) is 5.75 Å². The number of benzene rings is 1. The maximum atomic E-state index is 3.81. The van der Waals surface area contributed by atoms with Crippen LogP contribution in [-0.2, 0) is 0 Å². The smallest absolute Gasteiger partial charge is 0.0101 e. The summed E-state index contributed by atoms with van der Waals surface area (Å²) in [4.78, 5) is 1.39. The molecule has 0 unspecified atom stereocenters. The van der Waals surface area contributed by atoms with Crippen molar-refractivity contribution in [2.45, 2.75) is 18.2 Å². The third kappa shape index (κ3) is 2.58. The second-order valence-corrected chi connectivity index (χ2v) is 3.60. The van der Waals surface area contributed by atoms with Crippen molar-refractivity contribution in [3.05, 3.63) is 36.8 Å². The summed E-state index contributed by atoms with van der Waals surface area (Å²) < 4.78 is 0. The van der Waals surface area contributed by atoms with Gasteiger partial charge in [0, 0.05) is 4.90 Å². The van der Waals surface area contributed by atoms with Crippen molar-refractivity contribution in [3.63, 3.8) is 0 Å². The minimum atomic E-state index is 0.999. The molecule has 0 aliphatic carbocycles. The lowest BCUT2D eigenvalue weighted by molar-refractivity contribution is 1.22. The van der Waals surface area contributed by atoms with Gasteiger partial charge in [0.15, 0.2) is 0 Å². The van der Waals surface area contributed by atoms with Crippen LogP contribution < -0.4 is 0 Å². The van der Waals surface area contributed by atoms with E-state index >= 15 is 0 Å². The van der Waals surface area contributed by atoms with Crippen LogP contribution in [0, 0.1) is 13.8 Å². The highest BCUT2D eigenvalue weighted by atomic mass is 32.2. The summed E-state index contributed by atoms with van der Waals surface area (Å²) in [6, 6.07) is 8.46. The zero-order valence-electron chi connectivity index (χ0n) is 6.84. The number of aryl methyl sites for hydroxylation is 1. The van der Waals surface area contributed by atoms with Crippen LogP contribution >= 0.6 is 11.8 Å². The Morgan fingerprint density at radius 3 is 2.73 bits per heavy atom. The third-order valence-corrected chi connectivity index (χ3v) is 2.76. The predicted molar refractivity (Wildman–Crippen MR) is 51.9 cm³/mol. The van der Waals surface area contributed by atoms with Gasteiger partial charge < -0.3 is 0 Å². The monoisotopic (exact) mass is 165 g/mol. The van der Waals surface area contributed by atoms with Gasteiger partial charge in [-0.1, -0.05) is 25.1 Å². The van der Waals surface area contributed by atoms with E-state index in [-0.39, 0.29) is 0 Å². The van der Waals surface area contributed by atoms with Gasteiger partial charge in [0.2, 0.25) is 0 Å². The number of hydrogen-bond acceptors (Lipinski definition) is 1. The third-order valence-electron chi connectivity index (χ3n) is 1.50. The zero-order chi connectivity index (χ0) is 8.10. The number of hydrogen-bond donors (Lipinski definition) is 0. The van der Waals surface area contributed by atoms with Crippen molar-refractivity contribution in [2.24, 2.45) is 0 Å². The molecule has 0 fully saturated rings. The largest absolute Gasteiger partial charge is 0.126 e. The van der Waals surface area contributed by atoms with E-state index in [1.807, 2.05) is 11.8 Å². The second-order valence-electron chi connectivity index (χ2n) is 2.47. The highest BCUT2D eigenvalue weighted by Crippen LogP contribution is 2.21. The summed E-state index contributed by atoms with van der Waals surface area (Å²) in [7, 11) is 0. The first-order valence-electron chi connectivity index (χ1n) is 3.82. The molecular weight excluding hydrogens is 152 g/mol. The first kappa shape index (κ1) is 8.66. The van der Waals surface area contributed by atoms with Crippen LogP contribution in [0.3, 0.4) is 0 Å². The summed E-state index contributed by atoms with van der Waals surface area (Å²) in [6.07, 6.45) is 0.999. The topological polar surface area (TPSA) is 0 Å². The van der Waals surface area contributed by atoms with E-state index in [0.717, 1.165) is 12.2 Å². The van der Waals surface area contributed by atoms with Crippen molar-refractivity contribution in [2.75, 3.05) is 5.75 Å². The van der Waals surface area contributed by atoms with Gasteiger partial charge in [-0.15, -0.1) is 11.8 Å². The van der Waals surface area contributed by atoms with Gasteiger partial charge in [0.25, 0.3) is 0 Å². The van der Waals surface area contributed by atoms with Crippen LogP contribution in [0.1, 0.15) is 12.0 Å². The Morgan fingerprint density at radius 1 is 1.36 bits per heavy atom. The van der Waals surface area contributed by atoms with Gasteiger partial charge >= 0.3 is 0 Å². The molecule has 0 spiro atoms. The summed E-state index contributed by atoms with van der Waals surface area (Å²) >= 11 is 1.88. The van der Waals surface area contributed by atoms with Crippen molar-refractivity contribution >= 4 is 11.8 Å².